The Kier molecular flexibility index (Phi) is 8.30. The van der Waals surface area contributed by atoms with Crippen molar-refractivity contribution in [2.24, 2.45) is 5.10 Å². The number of hydrogen-bond donors (Lipinski definition) is 2. The van der Waals surface area contributed by atoms with Crippen LogP contribution in [0.3, 0.4) is 0 Å². The molecule has 0 heterocycles. The van der Waals surface area contributed by atoms with Crippen molar-refractivity contribution < 1.29 is 28.6 Å². The molecule has 0 saturated carbocycles. The van der Waals surface area contributed by atoms with Crippen molar-refractivity contribution in [2.45, 2.75) is 0 Å². The van der Waals surface area contributed by atoms with Crippen LogP contribution in [0.1, 0.15) is 26.3 Å². The molecule has 9 nitrogen and oxygen atoms in total. The van der Waals surface area contributed by atoms with E-state index in [0.717, 1.165) is 10.8 Å². The van der Waals surface area contributed by atoms with Gasteiger partial charge in [0.2, 0.25) is 0 Å². The van der Waals surface area contributed by atoms with Crippen molar-refractivity contribution in [2.75, 3.05) is 20.8 Å². The lowest BCUT2D eigenvalue weighted by atomic mass is 10.0. The largest absolute Gasteiger partial charge is 0.493 e. The van der Waals surface area contributed by atoms with Gasteiger partial charge in [0.1, 0.15) is 5.75 Å². The zero-order chi connectivity index (χ0) is 26.9. The maximum Gasteiger partial charge on any atom is 0.344 e. The molecule has 38 heavy (non-hydrogen) atoms. The number of nitrogens with one attached hydrogen (secondary N) is 2. The molecule has 2 N–H and O–H groups in total. The first-order valence-corrected chi connectivity index (χ1v) is 11.6. The molecule has 0 bridgehead atoms. The van der Waals surface area contributed by atoms with Crippen LogP contribution < -0.4 is 25.0 Å². The third kappa shape index (κ3) is 6.33. The van der Waals surface area contributed by atoms with Gasteiger partial charge in [0, 0.05) is 5.56 Å². The summed E-state index contributed by atoms with van der Waals surface area (Å²) in [6.07, 6.45) is 1.43. The Morgan fingerprint density at radius 1 is 0.842 bits per heavy atom. The van der Waals surface area contributed by atoms with Crippen molar-refractivity contribution in [1.82, 2.24) is 10.7 Å². The Morgan fingerprint density at radius 3 is 2.34 bits per heavy atom. The minimum absolute atomic E-state index is 0.270. The topological polar surface area (TPSA) is 115 Å². The van der Waals surface area contributed by atoms with E-state index in [-0.39, 0.29) is 6.54 Å². The van der Waals surface area contributed by atoms with Crippen LogP contribution in [0.4, 0.5) is 0 Å². The Bertz CT molecular complexity index is 1490. The van der Waals surface area contributed by atoms with Crippen LogP contribution in [-0.2, 0) is 4.79 Å². The van der Waals surface area contributed by atoms with Gasteiger partial charge in [-0.3, -0.25) is 9.59 Å². The third-order valence-electron chi connectivity index (χ3n) is 5.56. The second kappa shape index (κ2) is 12.2. The Morgan fingerprint density at radius 2 is 1.58 bits per heavy atom. The van der Waals surface area contributed by atoms with E-state index in [2.05, 4.69) is 15.8 Å². The highest BCUT2D eigenvalue weighted by molar-refractivity contribution is 6.05. The summed E-state index contributed by atoms with van der Waals surface area (Å²) in [5.74, 6) is -0.127. The summed E-state index contributed by atoms with van der Waals surface area (Å²) in [7, 11) is 2.97. The van der Waals surface area contributed by atoms with Gasteiger partial charge in [-0.2, -0.15) is 5.10 Å². The van der Waals surface area contributed by atoms with Crippen molar-refractivity contribution in [1.29, 1.82) is 0 Å². The van der Waals surface area contributed by atoms with Crippen molar-refractivity contribution in [3.8, 4) is 17.2 Å². The number of hydrogen-bond acceptors (Lipinski definition) is 7. The molecule has 0 unspecified atom stereocenters. The number of ether oxygens (including phenoxy) is 3. The van der Waals surface area contributed by atoms with Gasteiger partial charge in [-0.25, -0.2) is 10.2 Å². The zero-order valence-corrected chi connectivity index (χ0v) is 20.8. The van der Waals surface area contributed by atoms with E-state index in [9.17, 15) is 14.4 Å². The van der Waals surface area contributed by atoms with Crippen LogP contribution in [0.2, 0.25) is 0 Å². The van der Waals surface area contributed by atoms with Crippen LogP contribution >= 0.6 is 0 Å². The van der Waals surface area contributed by atoms with Gasteiger partial charge in [-0.15, -0.1) is 0 Å². The number of benzene rings is 4. The van der Waals surface area contributed by atoms with Crippen LogP contribution in [0.5, 0.6) is 17.2 Å². The fourth-order valence-corrected chi connectivity index (χ4v) is 3.65. The lowest BCUT2D eigenvalue weighted by Crippen LogP contribution is -2.34. The number of methoxy groups -OCH3 is 2. The number of carbonyl (C=O) groups is 3. The zero-order valence-electron chi connectivity index (χ0n) is 20.8. The van der Waals surface area contributed by atoms with Gasteiger partial charge in [-0.1, -0.05) is 36.4 Å². The first kappa shape index (κ1) is 25.9. The Balaban J connectivity index is 1.27. The summed E-state index contributed by atoms with van der Waals surface area (Å²) < 4.78 is 15.8. The number of rotatable bonds is 9. The summed E-state index contributed by atoms with van der Waals surface area (Å²) in [6, 6.07) is 24.4. The normalized spacial score (nSPS) is 10.7. The number of amides is 2. The van der Waals surface area contributed by atoms with Gasteiger partial charge in [0.25, 0.3) is 11.8 Å². The second-order valence-electron chi connectivity index (χ2n) is 8.03. The highest BCUT2D eigenvalue weighted by Gasteiger charge is 2.13. The molecule has 4 rings (SSSR count). The van der Waals surface area contributed by atoms with Gasteiger partial charge in [0.15, 0.2) is 11.5 Å². The van der Waals surface area contributed by atoms with E-state index >= 15 is 0 Å². The number of carbonyl (C=O) groups excluding carboxylic acids is 3. The van der Waals surface area contributed by atoms with Crippen molar-refractivity contribution in [3.63, 3.8) is 0 Å². The van der Waals surface area contributed by atoms with Crippen LogP contribution in [0, 0.1) is 0 Å². The quantitative estimate of drug-likeness (QED) is 0.152. The standard InChI is InChI=1S/C29H25N3O6/c1-36-25-15-12-21(16-26(25)37-2)28(34)30-18-27(33)32-31-17-19-10-13-22(14-11-19)38-29(35)24-9-5-7-20-6-3-4-8-23(20)24/h3-17H,18H2,1-2H3,(H,30,34)(H,32,33). The molecular formula is C29H25N3O6. The predicted molar refractivity (Wildman–Crippen MR) is 143 cm³/mol. The third-order valence-corrected chi connectivity index (χ3v) is 5.56. The average molecular weight is 512 g/mol. The molecule has 0 radical (unpaired) electrons. The first-order valence-electron chi connectivity index (χ1n) is 11.6. The molecule has 2 amide bonds. The van der Waals surface area contributed by atoms with Gasteiger partial charge < -0.3 is 19.5 Å². The lowest BCUT2D eigenvalue weighted by molar-refractivity contribution is -0.120. The molecule has 4 aromatic carbocycles. The van der Waals surface area contributed by atoms with E-state index in [1.54, 1.807) is 42.5 Å². The van der Waals surface area contributed by atoms with Gasteiger partial charge >= 0.3 is 5.97 Å². The number of esters is 1. The van der Waals surface area contributed by atoms with E-state index in [4.69, 9.17) is 14.2 Å². The van der Waals surface area contributed by atoms with Crippen LogP contribution in [0.15, 0.2) is 90.0 Å². The lowest BCUT2D eigenvalue weighted by Gasteiger charge is -2.09. The van der Waals surface area contributed by atoms with Crippen molar-refractivity contribution >= 4 is 34.8 Å². The molecule has 4 aromatic rings. The summed E-state index contributed by atoms with van der Waals surface area (Å²) in [6.45, 7) is -0.270. The summed E-state index contributed by atoms with van der Waals surface area (Å²) in [4.78, 5) is 37.1. The Hall–Kier alpha value is -5.18. The molecule has 0 aliphatic heterocycles. The fraction of sp³-hybridized carbons (Fsp3) is 0.103. The van der Waals surface area contributed by atoms with Crippen LogP contribution in [-0.4, -0.2) is 44.8 Å². The van der Waals surface area contributed by atoms with E-state index in [0.29, 0.717) is 33.9 Å². The molecule has 0 saturated heterocycles. The molecule has 0 spiro atoms. The number of hydrazone groups is 1. The highest BCUT2D eigenvalue weighted by Crippen LogP contribution is 2.27. The van der Waals surface area contributed by atoms with E-state index in [1.165, 1.54) is 26.5 Å². The monoisotopic (exact) mass is 511 g/mol. The summed E-state index contributed by atoms with van der Waals surface area (Å²) >= 11 is 0. The minimum Gasteiger partial charge on any atom is -0.493 e. The summed E-state index contributed by atoms with van der Waals surface area (Å²) in [5, 5.41) is 8.18. The van der Waals surface area contributed by atoms with Crippen LogP contribution in [0.25, 0.3) is 10.8 Å². The first-order chi connectivity index (χ1) is 18.5. The molecule has 192 valence electrons. The average Bonchev–Trinajstić information content (AvgIpc) is 2.96. The maximum atomic E-state index is 12.7. The molecule has 0 fully saturated rings. The SMILES string of the molecule is COc1ccc(C(=O)NCC(=O)NN=Cc2ccc(OC(=O)c3cccc4ccccc34)cc2)cc1OC. The minimum atomic E-state index is -0.504. The molecular weight excluding hydrogens is 486 g/mol. The maximum absolute atomic E-state index is 12.7. The summed E-state index contributed by atoms with van der Waals surface area (Å²) in [5.41, 5.74) is 3.82. The number of nitrogens with zero attached hydrogens (tertiary/aromatic N) is 1. The Labute approximate surface area is 219 Å². The second-order valence-corrected chi connectivity index (χ2v) is 8.03. The molecule has 0 aliphatic carbocycles. The van der Waals surface area contributed by atoms with E-state index in [1.807, 2.05) is 36.4 Å². The molecule has 0 aromatic heterocycles. The molecule has 0 atom stereocenters. The van der Waals surface area contributed by atoms with E-state index < -0.39 is 17.8 Å². The number of fused-ring (bicyclic) bond motifs is 1. The smallest absolute Gasteiger partial charge is 0.344 e. The highest BCUT2D eigenvalue weighted by atomic mass is 16.5. The molecule has 0 aliphatic rings. The molecule has 9 heteroatoms. The predicted octanol–water partition coefficient (Wildman–Crippen LogP) is 3.96. The fourth-order valence-electron chi connectivity index (χ4n) is 3.65. The van der Waals surface area contributed by atoms with Gasteiger partial charge in [0.05, 0.1) is 32.5 Å². The van der Waals surface area contributed by atoms with Crippen molar-refractivity contribution in [3.05, 3.63) is 102 Å². The van der Waals surface area contributed by atoms with Gasteiger partial charge in [-0.05, 0) is 64.9 Å².